The quantitative estimate of drug-likeness (QED) is 0.673. The van der Waals surface area contributed by atoms with Gasteiger partial charge in [0, 0.05) is 36.8 Å². The summed E-state index contributed by atoms with van der Waals surface area (Å²) in [5, 5.41) is 3.92. The van der Waals surface area contributed by atoms with E-state index < -0.39 is 0 Å². The van der Waals surface area contributed by atoms with Gasteiger partial charge < -0.3 is 4.90 Å². The summed E-state index contributed by atoms with van der Waals surface area (Å²) >= 11 is 1.58. The third-order valence-corrected chi connectivity index (χ3v) is 6.94. The fourth-order valence-electron chi connectivity index (χ4n) is 4.86. The zero-order chi connectivity index (χ0) is 18.3. The Morgan fingerprint density at radius 3 is 2.63 bits per heavy atom. The molecule has 1 aliphatic carbocycles. The highest BCUT2D eigenvalue weighted by molar-refractivity contribution is 7.08. The van der Waals surface area contributed by atoms with Gasteiger partial charge in [-0.2, -0.15) is 11.3 Å². The number of benzene rings is 1. The van der Waals surface area contributed by atoms with E-state index in [1.54, 1.807) is 17.7 Å². The van der Waals surface area contributed by atoms with Crippen LogP contribution in [0, 0.1) is 0 Å². The van der Waals surface area contributed by atoms with E-state index in [1.807, 2.05) is 34.1 Å². The minimum absolute atomic E-state index is 0.155. The third-order valence-electron chi connectivity index (χ3n) is 6.26. The molecule has 0 bridgehead atoms. The van der Waals surface area contributed by atoms with Crippen LogP contribution in [-0.2, 0) is 5.41 Å². The summed E-state index contributed by atoms with van der Waals surface area (Å²) in [6.07, 6.45) is 8.61. The number of aromatic nitrogens is 2. The molecule has 1 atom stereocenters. The Labute approximate surface area is 162 Å². The molecule has 27 heavy (non-hydrogen) atoms. The van der Waals surface area contributed by atoms with Crippen LogP contribution in [0.25, 0.3) is 0 Å². The van der Waals surface area contributed by atoms with E-state index in [1.165, 1.54) is 16.7 Å². The minimum atomic E-state index is 0.155. The van der Waals surface area contributed by atoms with Gasteiger partial charge in [0.1, 0.15) is 6.33 Å². The van der Waals surface area contributed by atoms with Crippen LogP contribution in [0.2, 0.25) is 0 Å². The molecular formula is C22H21N3OS. The number of hydrogen-bond acceptors (Lipinski definition) is 4. The van der Waals surface area contributed by atoms with Crippen LogP contribution in [0.3, 0.4) is 0 Å². The Morgan fingerprint density at radius 1 is 1.11 bits per heavy atom. The number of carbonyl (C=O) groups is 1. The standard InChI is InChI=1S/C22H21N3OS/c26-21(16-5-10-27-14-16)25-8-6-22(7-9-25)11-19(17-12-23-15-24-13-17)18-3-1-2-4-20(18)22/h1-5,10,12-15,19H,6-9,11H2. The van der Waals surface area contributed by atoms with Gasteiger partial charge in [-0.05, 0) is 52.8 Å². The molecule has 1 aromatic carbocycles. The maximum absolute atomic E-state index is 12.7. The first-order valence-electron chi connectivity index (χ1n) is 9.43. The van der Waals surface area contributed by atoms with E-state index in [0.29, 0.717) is 5.92 Å². The first-order valence-corrected chi connectivity index (χ1v) is 10.4. The van der Waals surface area contributed by atoms with E-state index in [4.69, 9.17) is 0 Å². The molecule has 5 heteroatoms. The number of thiophene rings is 1. The molecule has 0 radical (unpaired) electrons. The molecule has 1 aliphatic heterocycles. The highest BCUT2D eigenvalue weighted by Gasteiger charge is 2.46. The Balaban J connectivity index is 1.42. The number of rotatable bonds is 2. The summed E-state index contributed by atoms with van der Waals surface area (Å²) in [7, 11) is 0. The van der Waals surface area contributed by atoms with Crippen molar-refractivity contribution < 1.29 is 4.79 Å². The lowest BCUT2D eigenvalue weighted by atomic mass is 9.73. The number of piperidine rings is 1. The van der Waals surface area contributed by atoms with Gasteiger partial charge in [-0.1, -0.05) is 24.3 Å². The molecule has 1 unspecified atom stereocenters. The van der Waals surface area contributed by atoms with Gasteiger partial charge in [-0.15, -0.1) is 0 Å². The molecule has 1 saturated heterocycles. The van der Waals surface area contributed by atoms with Crippen molar-refractivity contribution in [2.75, 3.05) is 13.1 Å². The largest absolute Gasteiger partial charge is 0.339 e. The highest BCUT2D eigenvalue weighted by Crippen LogP contribution is 2.53. The van der Waals surface area contributed by atoms with Gasteiger partial charge in [-0.3, -0.25) is 4.79 Å². The maximum atomic E-state index is 12.7. The average Bonchev–Trinajstić information content (AvgIpc) is 3.37. The number of hydrogen-bond donors (Lipinski definition) is 0. The lowest BCUT2D eigenvalue weighted by molar-refractivity contribution is 0.0665. The molecule has 1 fully saturated rings. The third kappa shape index (κ3) is 2.77. The summed E-state index contributed by atoms with van der Waals surface area (Å²) in [6, 6.07) is 10.7. The van der Waals surface area contributed by atoms with Crippen LogP contribution >= 0.6 is 11.3 Å². The summed E-state index contributed by atoms with van der Waals surface area (Å²) < 4.78 is 0. The van der Waals surface area contributed by atoms with E-state index in [2.05, 4.69) is 34.2 Å². The molecule has 1 spiro atoms. The van der Waals surface area contributed by atoms with Crippen molar-refractivity contribution in [3.8, 4) is 0 Å². The predicted molar refractivity (Wildman–Crippen MR) is 106 cm³/mol. The van der Waals surface area contributed by atoms with Crippen LogP contribution in [0.15, 0.2) is 59.8 Å². The van der Waals surface area contributed by atoms with Gasteiger partial charge in [0.25, 0.3) is 5.91 Å². The predicted octanol–water partition coefficient (Wildman–Crippen LogP) is 4.25. The normalized spacial score (nSPS) is 20.6. The lowest BCUT2D eigenvalue weighted by Crippen LogP contribution is -2.44. The van der Waals surface area contributed by atoms with E-state index in [9.17, 15) is 4.79 Å². The van der Waals surface area contributed by atoms with Crippen molar-refractivity contribution in [2.45, 2.75) is 30.6 Å². The van der Waals surface area contributed by atoms with Crippen molar-refractivity contribution in [3.63, 3.8) is 0 Å². The van der Waals surface area contributed by atoms with Crippen molar-refractivity contribution >= 4 is 17.2 Å². The van der Waals surface area contributed by atoms with Crippen molar-refractivity contribution in [1.29, 1.82) is 0 Å². The van der Waals surface area contributed by atoms with Gasteiger partial charge in [0.05, 0.1) is 5.56 Å². The smallest absolute Gasteiger partial charge is 0.254 e. The molecule has 5 rings (SSSR count). The molecule has 0 N–H and O–H groups in total. The lowest BCUT2D eigenvalue weighted by Gasteiger charge is -2.40. The monoisotopic (exact) mass is 375 g/mol. The Hall–Kier alpha value is -2.53. The number of nitrogens with zero attached hydrogens (tertiary/aromatic N) is 3. The zero-order valence-electron chi connectivity index (χ0n) is 15.0. The van der Waals surface area contributed by atoms with Crippen LogP contribution in [0.1, 0.15) is 52.2 Å². The summed E-state index contributed by atoms with van der Waals surface area (Å²) in [5.41, 5.74) is 5.04. The average molecular weight is 375 g/mol. The topological polar surface area (TPSA) is 46.1 Å². The molecule has 2 aromatic heterocycles. The molecule has 3 aromatic rings. The highest BCUT2D eigenvalue weighted by atomic mass is 32.1. The summed E-state index contributed by atoms with van der Waals surface area (Å²) in [4.78, 5) is 23.2. The Kier molecular flexibility index (Phi) is 4.05. The fourth-order valence-corrected chi connectivity index (χ4v) is 5.49. The van der Waals surface area contributed by atoms with Crippen molar-refractivity contribution in [2.24, 2.45) is 0 Å². The fraction of sp³-hybridized carbons (Fsp3) is 0.318. The molecular weight excluding hydrogens is 354 g/mol. The van der Waals surface area contributed by atoms with E-state index >= 15 is 0 Å². The minimum Gasteiger partial charge on any atom is -0.339 e. The molecule has 1 amide bonds. The van der Waals surface area contributed by atoms with Crippen molar-refractivity contribution in [1.82, 2.24) is 14.9 Å². The van der Waals surface area contributed by atoms with E-state index in [0.717, 1.165) is 37.9 Å². The summed E-state index contributed by atoms with van der Waals surface area (Å²) in [5.74, 6) is 0.520. The van der Waals surface area contributed by atoms with Crippen LogP contribution < -0.4 is 0 Å². The molecule has 3 heterocycles. The number of likely N-dealkylation sites (tertiary alicyclic amines) is 1. The zero-order valence-corrected chi connectivity index (χ0v) is 15.9. The maximum Gasteiger partial charge on any atom is 0.254 e. The van der Waals surface area contributed by atoms with E-state index in [-0.39, 0.29) is 11.3 Å². The van der Waals surface area contributed by atoms with Gasteiger partial charge in [-0.25, -0.2) is 9.97 Å². The van der Waals surface area contributed by atoms with Crippen LogP contribution in [0.4, 0.5) is 0 Å². The molecule has 0 saturated carbocycles. The molecule has 2 aliphatic rings. The second kappa shape index (κ2) is 6.57. The Morgan fingerprint density at radius 2 is 1.89 bits per heavy atom. The van der Waals surface area contributed by atoms with Crippen LogP contribution in [0.5, 0.6) is 0 Å². The SMILES string of the molecule is O=C(c1ccsc1)N1CCC2(CC1)CC(c1cncnc1)c1ccccc12. The first kappa shape index (κ1) is 16.6. The van der Waals surface area contributed by atoms with Gasteiger partial charge >= 0.3 is 0 Å². The molecule has 136 valence electrons. The van der Waals surface area contributed by atoms with Gasteiger partial charge in [0.2, 0.25) is 0 Å². The van der Waals surface area contributed by atoms with Crippen LogP contribution in [-0.4, -0.2) is 33.9 Å². The number of carbonyl (C=O) groups excluding carboxylic acids is 1. The number of fused-ring (bicyclic) bond motifs is 2. The second-order valence-corrected chi connectivity index (χ2v) is 8.38. The molecule has 4 nitrogen and oxygen atoms in total. The summed E-state index contributed by atoms with van der Waals surface area (Å²) in [6.45, 7) is 1.64. The first-order chi connectivity index (χ1) is 13.3. The number of amides is 1. The second-order valence-electron chi connectivity index (χ2n) is 7.60. The Bertz CT molecular complexity index is 947. The van der Waals surface area contributed by atoms with Gasteiger partial charge in [0.15, 0.2) is 0 Å². The van der Waals surface area contributed by atoms with Crippen molar-refractivity contribution in [3.05, 3.63) is 82.1 Å².